The average molecular weight is 801 g/mol. The highest BCUT2D eigenvalue weighted by Crippen LogP contribution is 2.42. The quantitative estimate of drug-likeness (QED) is 0.102. The fourth-order valence-electron chi connectivity index (χ4n) is 8.13. The lowest BCUT2D eigenvalue weighted by Crippen LogP contribution is -2.16. The number of nitrogens with zero attached hydrogens (tertiary/aromatic N) is 4. The van der Waals surface area contributed by atoms with Crippen molar-refractivity contribution in [3.8, 4) is 0 Å². The summed E-state index contributed by atoms with van der Waals surface area (Å²) < 4.78 is 0. The SMILES string of the molecule is C=CC=CCN(C=CC)c1ccc(N(c2ccc(N(c3ccccc3)c3ccc4ccccc4c3)cc2)c2ccc(N(c3ccccc3)c3ccc4ccccc4c3)cc2)cc1. The summed E-state index contributed by atoms with van der Waals surface area (Å²) in [4.78, 5) is 9.21. The fourth-order valence-corrected chi connectivity index (χ4v) is 8.13. The molecule has 0 amide bonds. The molecule has 4 heteroatoms. The van der Waals surface area contributed by atoms with E-state index in [0.29, 0.717) is 0 Å². The van der Waals surface area contributed by atoms with Crippen LogP contribution in [-0.2, 0) is 0 Å². The number of anilines is 10. The highest BCUT2D eigenvalue weighted by atomic mass is 15.2. The maximum absolute atomic E-state index is 3.84. The first-order valence-electron chi connectivity index (χ1n) is 21.1. The van der Waals surface area contributed by atoms with E-state index in [1.54, 1.807) is 0 Å². The van der Waals surface area contributed by atoms with Gasteiger partial charge in [0.1, 0.15) is 0 Å². The number of rotatable bonds is 14. The van der Waals surface area contributed by atoms with Gasteiger partial charge in [0.25, 0.3) is 0 Å². The minimum Gasteiger partial charge on any atom is -0.344 e. The van der Waals surface area contributed by atoms with E-state index in [2.05, 4.69) is 263 Å². The Bertz CT molecular complexity index is 2790. The van der Waals surface area contributed by atoms with Crippen molar-refractivity contribution in [2.45, 2.75) is 6.92 Å². The van der Waals surface area contributed by atoms with Gasteiger partial charge in [0.2, 0.25) is 0 Å². The van der Waals surface area contributed by atoms with Gasteiger partial charge in [-0.25, -0.2) is 0 Å². The van der Waals surface area contributed by atoms with Gasteiger partial charge in [0.05, 0.1) is 0 Å². The predicted octanol–water partition coefficient (Wildman–Crippen LogP) is 16.5. The average Bonchev–Trinajstić information content (AvgIpc) is 3.33. The Morgan fingerprint density at radius 2 is 0.677 bits per heavy atom. The van der Waals surface area contributed by atoms with E-state index in [9.17, 15) is 0 Å². The van der Waals surface area contributed by atoms with E-state index in [-0.39, 0.29) is 0 Å². The zero-order valence-corrected chi connectivity index (χ0v) is 34.9. The zero-order valence-electron chi connectivity index (χ0n) is 34.9. The summed E-state index contributed by atoms with van der Waals surface area (Å²) in [7, 11) is 0. The number of benzene rings is 9. The minimum atomic E-state index is 0.743. The van der Waals surface area contributed by atoms with Crippen molar-refractivity contribution in [1.29, 1.82) is 0 Å². The number of para-hydroxylation sites is 2. The second-order valence-electron chi connectivity index (χ2n) is 15.1. The molecule has 0 bridgehead atoms. The van der Waals surface area contributed by atoms with Crippen molar-refractivity contribution in [2.75, 3.05) is 26.1 Å². The normalized spacial score (nSPS) is 11.3. The van der Waals surface area contributed by atoms with Crippen molar-refractivity contribution in [2.24, 2.45) is 0 Å². The summed E-state index contributed by atoms with van der Waals surface area (Å²) in [5.74, 6) is 0. The van der Waals surface area contributed by atoms with Crippen LogP contribution in [0.4, 0.5) is 56.9 Å². The molecule has 4 nitrogen and oxygen atoms in total. The highest BCUT2D eigenvalue weighted by Gasteiger charge is 2.19. The Kier molecular flexibility index (Phi) is 11.7. The Morgan fingerprint density at radius 1 is 0.355 bits per heavy atom. The smallest absolute Gasteiger partial charge is 0.0468 e. The predicted molar refractivity (Wildman–Crippen MR) is 267 cm³/mol. The molecule has 0 unspecified atom stereocenters. The van der Waals surface area contributed by atoms with Crippen LogP contribution < -0.4 is 19.6 Å². The van der Waals surface area contributed by atoms with Crippen LogP contribution in [0.25, 0.3) is 21.5 Å². The first-order valence-corrected chi connectivity index (χ1v) is 21.1. The summed E-state index contributed by atoms with van der Waals surface area (Å²) in [6.45, 7) is 6.63. The molecule has 0 saturated carbocycles. The van der Waals surface area contributed by atoms with E-state index < -0.39 is 0 Å². The Labute approximate surface area is 365 Å². The van der Waals surface area contributed by atoms with Gasteiger partial charge in [0.15, 0.2) is 0 Å². The van der Waals surface area contributed by atoms with Crippen molar-refractivity contribution in [3.63, 3.8) is 0 Å². The van der Waals surface area contributed by atoms with Crippen molar-refractivity contribution in [1.82, 2.24) is 0 Å². The first kappa shape index (κ1) is 39.4. The minimum absolute atomic E-state index is 0.743. The van der Waals surface area contributed by atoms with Crippen LogP contribution in [0.5, 0.6) is 0 Å². The number of hydrogen-bond acceptors (Lipinski definition) is 4. The summed E-state index contributed by atoms with van der Waals surface area (Å²) in [6.07, 6.45) is 10.1. The molecule has 0 N–H and O–H groups in total. The van der Waals surface area contributed by atoms with Gasteiger partial charge in [-0.15, -0.1) is 0 Å². The monoisotopic (exact) mass is 800 g/mol. The molecule has 0 aliphatic heterocycles. The van der Waals surface area contributed by atoms with E-state index >= 15 is 0 Å². The number of allylic oxidation sites excluding steroid dienone is 3. The molecule has 9 rings (SSSR count). The molecule has 0 spiro atoms. The standard InChI is InChI=1S/C58H48N4/c1-3-5-16-42-59(41-4-2)49-29-31-52(32-30-49)60(53-33-37-55(38-34-53)61(50-21-8-6-9-22-50)57-27-25-45-17-12-14-19-47(45)43-57)54-35-39-56(40-36-54)62(51-23-10-7-11-24-51)58-28-26-46-18-13-15-20-48(46)44-58/h3-41,43-44H,1,42H2,2H3. The van der Waals surface area contributed by atoms with Gasteiger partial charge < -0.3 is 19.6 Å². The molecular formula is C58H48N4. The van der Waals surface area contributed by atoms with Gasteiger partial charge in [-0.3, -0.25) is 0 Å². The van der Waals surface area contributed by atoms with E-state index in [4.69, 9.17) is 0 Å². The number of fused-ring (bicyclic) bond motifs is 2. The van der Waals surface area contributed by atoms with Crippen molar-refractivity contribution < 1.29 is 0 Å². The molecule has 9 aromatic carbocycles. The second-order valence-corrected chi connectivity index (χ2v) is 15.1. The molecule has 0 aromatic heterocycles. The lowest BCUT2D eigenvalue weighted by atomic mass is 10.1. The molecule has 9 aromatic rings. The van der Waals surface area contributed by atoms with Crippen LogP contribution in [-0.4, -0.2) is 6.54 Å². The van der Waals surface area contributed by atoms with Gasteiger partial charge in [-0.05, 0) is 150 Å². The molecule has 300 valence electrons. The molecule has 0 atom stereocenters. The van der Waals surface area contributed by atoms with Gasteiger partial charge in [-0.2, -0.15) is 0 Å². The largest absolute Gasteiger partial charge is 0.344 e. The van der Waals surface area contributed by atoms with Crippen LogP contribution in [0.1, 0.15) is 6.92 Å². The molecule has 0 saturated heterocycles. The molecule has 0 aliphatic rings. The van der Waals surface area contributed by atoms with E-state index in [1.807, 2.05) is 19.1 Å². The topological polar surface area (TPSA) is 13.0 Å². The lowest BCUT2D eigenvalue weighted by Gasteiger charge is -2.30. The third-order valence-electron chi connectivity index (χ3n) is 11.1. The molecule has 0 aliphatic carbocycles. The van der Waals surface area contributed by atoms with Gasteiger partial charge in [-0.1, -0.05) is 128 Å². The van der Waals surface area contributed by atoms with E-state index in [0.717, 1.165) is 63.4 Å². The summed E-state index contributed by atoms with van der Waals surface area (Å²) in [5.41, 5.74) is 10.8. The van der Waals surface area contributed by atoms with Crippen LogP contribution in [0.2, 0.25) is 0 Å². The maximum Gasteiger partial charge on any atom is 0.0468 e. The third-order valence-corrected chi connectivity index (χ3v) is 11.1. The zero-order chi connectivity index (χ0) is 42.1. The Hall–Kier alpha value is -8.08. The Balaban J connectivity index is 1.12. The van der Waals surface area contributed by atoms with E-state index in [1.165, 1.54) is 21.5 Å². The second kappa shape index (κ2) is 18.5. The summed E-state index contributed by atoms with van der Waals surface area (Å²) in [5, 5.41) is 4.85. The molecule has 0 fully saturated rings. The fraction of sp³-hybridized carbons (Fsp3) is 0.0345. The number of hydrogen-bond donors (Lipinski definition) is 0. The lowest BCUT2D eigenvalue weighted by molar-refractivity contribution is 1.08. The maximum atomic E-state index is 3.84. The van der Waals surface area contributed by atoms with Crippen LogP contribution >= 0.6 is 0 Å². The molecular weight excluding hydrogens is 753 g/mol. The third kappa shape index (κ3) is 8.49. The molecule has 62 heavy (non-hydrogen) atoms. The van der Waals surface area contributed by atoms with Crippen LogP contribution in [0, 0.1) is 0 Å². The first-order chi connectivity index (χ1) is 30.7. The van der Waals surface area contributed by atoms with Crippen LogP contribution in [0.15, 0.2) is 255 Å². The summed E-state index contributed by atoms with van der Waals surface area (Å²) in [6, 6.07) is 78.2. The summed E-state index contributed by atoms with van der Waals surface area (Å²) >= 11 is 0. The molecule has 0 heterocycles. The highest BCUT2D eigenvalue weighted by molar-refractivity contribution is 5.91. The molecule has 0 radical (unpaired) electrons. The van der Waals surface area contributed by atoms with Crippen LogP contribution in [0.3, 0.4) is 0 Å². The Morgan fingerprint density at radius 3 is 1.06 bits per heavy atom. The van der Waals surface area contributed by atoms with Gasteiger partial charge >= 0.3 is 0 Å². The van der Waals surface area contributed by atoms with Crippen molar-refractivity contribution in [3.05, 3.63) is 255 Å². The van der Waals surface area contributed by atoms with Crippen molar-refractivity contribution >= 4 is 78.4 Å². The van der Waals surface area contributed by atoms with Gasteiger partial charge in [0, 0.05) is 69.6 Å².